The van der Waals surface area contributed by atoms with E-state index in [4.69, 9.17) is 28.9 Å². The van der Waals surface area contributed by atoms with Gasteiger partial charge < -0.3 is 18.9 Å². The number of rotatable bonds is 2. The lowest BCUT2D eigenvalue weighted by Gasteiger charge is -2.18. The van der Waals surface area contributed by atoms with E-state index < -0.39 is 0 Å². The van der Waals surface area contributed by atoms with Gasteiger partial charge in [-0.1, -0.05) is 0 Å². The molecule has 10 heteroatoms. The van der Waals surface area contributed by atoms with Crippen molar-refractivity contribution in [3.63, 3.8) is 0 Å². The van der Waals surface area contributed by atoms with E-state index in [1.807, 2.05) is 10.8 Å². The van der Waals surface area contributed by atoms with Crippen molar-refractivity contribution in [2.45, 2.75) is 13.8 Å². The topological polar surface area (TPSA) is 62.7 Å². The maximum absolute atomic E-state index is 6.05. The maximum Gasteiger partial charge on any atom is 0.180 e. The van der Waals surface area contributed by atoms with E-state index in [0.29, 0.717) is 26.4 Å². The van der Waals surface area contributed by atoms with Gasteiger partial charge in [0.05, 0.1) is 40.2 Å². The van der Waals surface area contributed by atoms with Crippen LogP contribution in [0.5, 0.6) is 23.0 Å². The molecule has 0 fully saturated rings. The molecule has 2 aliphatic rings. The highest BCUT2D eigenvalue weighted by Gasteiger charge is 2.30. The largest absolute Gasteiger partial charge is 0.485 e. The Balaban J connectivity index is 1.60. The summed E-state index contributed by atoms with van der Waals surface area (Å²) in [5.74, 6) is 3.26. The molecule has 0 bridgehead atoms. The number of aryl methyl sites for hydroxylation is 2. The zero-order chi connectivity index (χ0) is 21.4. The van der Waals surface area contributed by atoms with E-state index >= 15 is 0 Å². The quantitative estimate of drug-likeness (QED) is 0.275. The van der Waals surface area contributed by atoms with E-state index in [2.05, 4.69) is 13.8 Å². The van der Waals surface area contributed by atoms with Gasteiger partial charge in [0.2, 0.25) is 0 Å². The summed E-state index contributed by atoms with van der Waals surface area (Å²) < 4.78 is 26.0. The minimum atomic E-state index is 0.553. The van der Waals surface area contributed by atoms with Gasteiger partial charge in [0.25, 0.3) is 0 Å². The van der Waals surface area contributed by atoms with Gasteiger partial charge in [-0.15, -0.1) is 45.3 Å². The van der Waals surface area contributed by atoms with Gasteiger partial charge in [0.15, 0.2) is 23.0 Å². The molecule has 0 saturated heterocycles. The summed E-state index contributed by atoms with van der Waals surface area (Å²) in [5, 5.41) is 6.09. The van der Waals surface area contributed by atoms with Crippen LogP contribution >= 0.6 is 45.3 Å². The minimum absolute atomic E-state index is 0.553. The van der Waals surface area contributed by atoms with Crippen LogP contribution in [0.2, 0.25) is 0 Å². The Bertz CT molecular complexity index is 1360. The zero-order valence-corrected chi connectivity index (χ0v) is 20.4. The Labute approximate surface area is 199 Å². The summed E-state index contributed by atoms with van der Waals surface area (Å²) >= 11 is 6.68. The molecular formula is C22H16N2O4S4. The number of benzene rings is 1. The van der Waals surface area contributed by atoms with Crippen LogP contribution in [-0.2, 0) is 0 Å². The van der Waals surface area contributed by atoms with Crippen LogP contribution in [0.25, 0.3) is 41.3 Å². The summed E-state index contributed by atoms with van der Waals surface area (Å²) in [5.41, 5.74) is 4.15. The number of nitrogens with zero attached hydrogens (tertiary/aromatic N) is 2. The van der Waals surface area contributed by atoms with Crippen LogP contribution in [0.1, 0.15) is 10.0 Å². The first-order valence-corrected chi connectivity index (χ1v) is 13.5. The van der Waals surface area contributed by atoms with Gasteiger partial charge in [-0.2, -0.15) is 0 Å². The van der Waals surface area contributed by atoms with Gasteiger partial charge in [-0.25, -0.2) is 9.97 Å². The lowest BCUT2D eigenvalue weighted by Crippen LogP contribution is -2.14. The SMILES string of the molecule is Cc1nc2c(-c3scc4c3OCCO4)c3sc(C)nc3c(-c3scc4c3OCCO4)c2s1. The Hall–Kier alpha value is -2.40. The fourth-order valence-corrected chi connectivity index (χ4v) is 8.29. The summed E-state index contributed by atoms with van der Waals surface area (Å²) in [6.45, 7) is 6.37. The van der Waals surface area contributed by atoms with E-state index in [9.17, 15) is 0 Å². The molecule has 0 aliphatic carbocycles. The average molecular weight is 501 g/mol. The number of hydrogen-bond donors (Lipinski definition) is 0. The van der Waals surface area contributed by atoms with Crippen molar-refractivity contribution >= 4 is 65.8 Å². The lowest BCUT2D eigenvalue weighted by molar-refractivity contribution is 0.174. The molecule has 7 rings (SSSR count). The summed E-state index contributed by atoms with van der Waals surface area (Å²) in [4.78, 5) is 12.1. The number of hydrogen-bond acceptors (Lipinski definition) is 10. The molecule has 0 saturated carbocycles. The lowest BCUT2D eigenvalue weighted by atomic mass is 10.0. The first-order chi connectivity index (χ1) is 15.7. The number of aromatic nitrogens is 2. The van der Waals surface area contributed by atoms with Crippen LogP contribution in [0.3, 0.4) is 0 Å². The summed E-state index contributed by atoms with van der Waals surface area (Å²) in [6, 6.07) is 0. The molecule has 32 heavy (non-hydrogen) atoms. The average Bonchev–Trinajstić information content (AvgIpc) is 3.56. The normalized spacial score (nSPS) is 15.1. The summed E-state index contributed by atoms with van der Waals surface area (Å²) in [7, 11) is 0. The highest BCUT2D eigenvalue weighted by atomic mass is 32.1. The van der Waals surface area contributed by atoms with Gasteiger partial charge in [-0.05, 0) is 13.8 Å². The third-order valence-corrected chi connectivity index (χ3v) is 9.34. The second kappa shape index (κ2) is 7.05. The second-order valence-electron chi connectivity index (χ2n) is 7.48. The molecule has 0 amide bonds. The molecule has 0 spiro atoms. The van der Waals surface area contributed by atoms with E-state index in [1.54, 1.807) is 45.3 Å². The van der Waals surface area contributed by atoms with Crippen LogP contribution in [0.15, 0.2) is 10.8 Å². The second-order valence-corrected chi connectivity index (χ2v) is 11.6. The van der Waals surface area contributed by atoms with Crippen molar-refractivity contribution < 1.29 is 18.9 Å². The van der Waals surface area contributed by atoms with Gasteiger partial charge in [0, 0.05) is 21.9 Å². The predicted octanol–water partition coefficient (Wildman–Crippen LogP) is 6.52. The molecule has 0 unspecified atom stereocenters. The third-order valence-electron chi connectivity index (χ3n) is 5.45. The molecule has 6 nitrogen and oxygen atoms in total. The molecule has 5 aromatic rings. The number of thiazole rings is 2. The van der Waals surface area contributed by atoms with Crippen molar-refractivity contribution in [1.82, 2.24) is 9.97 Å². The van der Waals surface area contributed by atoms with E-state index in [1.165, 1.54) is 0 Å². The smallest absolute Gasteiger partial charge is 0.180 e. The molecule has 1 aromatic carbocycles. The molecule has 0 N–H and O–H groups in total. The molecule has 0 radical (unpaired) electrons. The fourth-order valence-electron chi connectivity index (χ4n) is 4.24. The Morgan fingerprint density at radius 2 is 1.09 bits per heavy atom. The zero-order valence-electron chi connectivity index (χ0n) is 17.1. The number of ether oxygens (including phenoxy) is 4. The fraction of sp³-hybridized carbons (Fsp3) is 0.273. The third kappa shape index (κ3) is 2.67. The minimum Gasteiger partial charge on any atom is -0.485 e. The van der Waals surface area contributed by atoms with Crippen LogP contribution in [0.4, 0.5) is 0 Å². The number of fused-ring (bicyclic) bond motifs is 4. The first kappa shape index (κ1) is 19.1. The van der Waals surface area contributed by atoms with Crippen molar-refractivity contribution in [3.05, 3.63) is 20.8 Å². The standard InChI is InChI=1S/C22H16N2O4S4/c1-9-23-15-13(21-17-11(7-29-21)25-3-5-27-17)20-16(24-10(2)32-20)14(19(15)31-9)22-18-12(8-30-22)26-4-6-28-18/h7-8H,3-6H2,1-2H3. The van der Waals surface area contributed by atoms with Gasteiger partial charge in [-0.3, -0.25) is 0 Å². The Morgan fingerprint density at radius 1 is 0.656 bits per heavy atom. The molecule has 162 valence electrons. The first-order valence-electron chi connectivity index (χ1n) is 10.1. The highest BCUT2D eigenvalue weighted by Crippen LogP contribution is 2.56. The van der Waals surface area contributed by atoms with E-state index in [-0.39, 0.29) is 0 Å². The van der Waals surface area contributed by atoms with Gasteiger partial charge in [0.1, 0.15) is 26.4 Å². The molecule has 4 aromatic heterocycles. The molecule has 6 heterocycles. The molecular weight excluding hydrogens is 485 g/mol. The van der Waals surface area contributed by atoms with Crippen molar-refractivity contribution in [2.75, 3.05) is 26.4 Å². The Morgan fingerprint density at radius 3 is 1.56 bits per heavy atom. The maximum atomic E-state index is 6.05. The van der Waals surface area contributed by atoms with Crippen molar-refractivity contribution in [3.8, 4) is 43.9 Å². The van der Waals surface area contributed by atoms with Gasteiger partial charge >= 0.3 is 0 Å². The van der Waals surface area contributed by atoms with Crippen molar-refractivity contribution in [2.24, 2.45) is 0 Å². The van der Waals surface area contributed by atoms with E-state index in [0.717, 1.165) is 74.3 Å². The van der Waals surface area contributed by atoms with Crippen molar-refractivity contribution in [1.29, 1.82) is 0 Å². The van der Waals surface area contributed by atoms with Crippen LogP contribution in [-0.4, -0.2) is 36.4 Å². The number of thiophene rings is 2. The molecule has 0 atom stereocenters. The monoisotopic (exact) mass is 500 g/mol. The highest BCUT2D eigenvalue weighted by molar-refractivity contribution is 7.23. The summed E-state index contributed by atoms with van der Waals surface area (Å²) in [6.07, 6.45) is 0. The molecule has 2 aliphatic heterocycles. The predicted molar refractivity (Wildman–Crippen MR) is 131 cm³/mol. The van der Waals surface area contributed by atoms with Crippen LogP contribution in [0, 0.1) is 13.8 Å². The Kier molecular flexibility index (Phi) is 4.21. The van der Waals surface area contributed by atoms with Crippen LogP contribution < -0.4 is 18.9 Å².